The molecular formula is C16H36Si. The second-order valence-electron chi connectivity index (χ2n) is 7.05. The first-order valence-electron chi connectivity index (χ1n) is 7.80. The Morgan fingerprint density at radius 3 is 1.12 bits per heavy atom. The first kappa shape index (κ1) is 17.2. The maximum absolute atomic E-state index is 2.54. The van der Waals surface area contributed by atoms with Crippen molar-refractivity contribution in [2.45, 2.75) is 91.4 Å². The Morgan fingerprint density at radius 1 is 0.647 bits per heavy atom. The predicted octanol–water partition coefficient (Wildman–Crippen LogP) is 6.35. The van der Waals surface area contributed by atoms with Crippen LogP contribution in [0.2, 0.25) is 23.2 Å². The van der Waals surface area contributed by atoms with Crippen LogP contribution in [0.3, 0.4) is 0 Å². The summed E-state index contributed by atoms with van der Waals surface area (Å²) in [7, 11) is -1.13. The molecule has 0 nitrogen and oxygen atoms in total. The number of hydrogen-bond donors (Lipinski definition) is 0. The average Bonchev–Trinajstić information content (AvgIpc) is 2.24. The van der Waals surface area contributed by atoms with E-state index in [2.05, 4.69) is 55.4 Å². The molecule has 0 amide bonds. The molecule has 2 atom stereocenters. The van der Waals surface area contributed by atoms with Gasteiger partial charge in [0.15, 0.2) is 0 Å². The zero-order valence-electron chi connectivity index (χ0n) is 13.6. The predicted molar refractivity (Wildman–Crippen MR) is 84.5 cm³/mol. The lowest BCUT2D eigenvalue weighted by atomic mass is 10.3. The van der Waals surface area contributed by atoms with Crippen molar-refractivity contribution in [1.82, 2.24) is 0 Å². The minimum atomic E-state index is -1.13. The highest BCUT2D eigenvalue weighted by Gasteiger charge is 2.42. The maximum atomic E-state index is 2.54. The molecule has 0 saturated carbocycles. The summed E-state index contributed by atoms with van der Waals surface area (Å²) in [6.07, 6.45) is 2.77. The molecule has 0 aromatic rings. The molecule has 0 aromatic heterocycles. The van der Waals surface area contributed by atoms with Gasteiger partial charge in [0, 0.05) is 0 Å². The minimum absolute atomic E-state index is 0.878. The van der Waals surface area contributed by atoms with Gasteiger partial charge in [-0.25, -0.2) is 0 Å². The van der Waals surface area contributed by atoms with Gasteiger partial charge in [-0.05, 0) is 22.9 Å². The van der Waals surface area contributed by atoms with Gasteiger partial charge in [-0.3, -0.25) is 0 Å². The molecule has 0 aliphatic rings. The van der Waals surface area contributed by atoms with E-state index in [0.29, 0.717) is 0 Å². The Morgan fingerprint density at radius 2 is 0.941 bits per heavy atom. The highest BCUT2D eigenvalue weighted by Crippen LogP contribution is 2.46. The molecule has 0 saturated heterocycles. The summed E-state index contributed by atoms with van der Waals surface area (Å²) in [5.41, 5.74) is 1.98. The van der Waals surface area contributed by atoms with Crippen molar-refractivity contribution in [2.24, 2.45) is 11.8 Å². The lowest BCUT2D eigenvalue weighted by Gasteiger charge is -2.44. The van der Waals surface area contributed by atoms with E-state index in [1.165, 1.54) is 24.9 Å². The van der Waals surface area contributed by atoms with Gasteiger partial charge in [0.05, 0.1) is 8.07 Å². The van der Waals surface area contributed by atoms with E-state index in [-0.39, 0.29) is 0 Å². The Kier molecular flexibility index (Phi) is 7.70. The Labute approximate surface area is 112 Å². The lowest BCUT2D eigenvalue weighted by molar-refractivity contribution is 0.619. The fourth-order valence-corrected chi connectivity index (χ4v) is 11.1. The van der Waals surface area contributed by atoms with E-state index in [4.69, 9.17) is 0 Å². The molecule has 1 heteroatoms. The van der Waals surface area contributed by atoms with E-state index >= 15 is 0 Å². The van der Waals surface area contributed by atoms with Crippen LogP contribution in [-0.2, 0) is 0 Å². The summed E-state index contributed by atoms with van der Waals surface area (Å²) in [4.78, 5) is 0. The van der Waals surface area contributed by atoms with Crippen LogP contribution in [0.25, 0.3) is 0 Å². The molecule has 0 aromatic carbocycles. The van der Waals surface area contributed by atoms with Gasteiger partial charge in [-0.2, -0.15) is 0 Å². The van der Waals surface area contributed by atoms with Crippen LogP contribution in [0.1, 0.15) is 68.2 Å². The molecule has 104 valence electrons. The van der Waals surface area contributed by atoms with Gasteiger partial charge in [-0.1, -0.05) is 80.3 Å². The fourth-order valence-electron chi connectivity index (χ4n) is 3.71. The van der Waals surface area contributed by atoms with Crippen molar-refractivity contribution in [3.63, 3.8) is 0 Å². The quantitative estimate of drug-likeness (QED) is 0.444. The normalized spacial score (nSPS) is 16.6. The third-order valence-electron chi connectivity index (χ3n) is 4.76. The van der Waals surface area contributed by atoms with Crippen LogP contribution in [-0.4, -0.2) is 8.07 Å². The summed E-state index contributed by atoms with van der Waals surface area (Å²) in [6.45, 7) is 19.6. The van der Waals surface area contributed by atoms with Crippen LogP contribution >= 0.6 is 0 Å². The number of hydrogen-bond acceptors (Lipinski definition) is 0. The smallest absolute Gasteiger partial charge is 0.0597 e. The lowest BCUT2D eigenvalue weighted by Crippen LogP contribution is -2.45. The third-order valence-corrected chi connectivity index (χ3v) is 12.7. The van der Waals surface area contributed by atoms with Crippen molar-refractivity contribution < 1.29 is 0 Å². The molecule has 0 heterocycles. The zero-order chi connectivity index (χ0) is 13.6. The van der Waals surface area contributed by atoms with Crippen molar-refractivity contribution in [1.29, 1.82) is 0 Å². The van der Waals surface area contributed by atoms with Crippen LogP contribution < -0.4 is 0 Å². The Bertz CT molecular complexity index is 174. The first-order valence-corrected chi connectivity index (χ1v) is 10.4. The van der Waals surface area contributed by atoms with Gasteiger partial charge >= 0.3 is 0 Å². The zero-order valence-corrected chi connectivity index (χ0v) is 14.6. The molecule has 2 unspecified atom stereocenters. The molecule has 0 aliphatic heterocycles. The highest BCUT2D eigenvalue weighted by atomic mass is 28.3. The average molecular weight is 257 g/mol. The topological polar surface area (TPSA) is 0 Å². The van der Waals surface area contributed by atoms with Gasteiger partial charge in [0.25, 0.3) is 0 Å². The third kappa shape index (κ3) is 4.77. The van der Waals surface area contributed by atoms with E-state index in [1.807, 2.05) is 0 Å². The SMILES string of the molecule is CCC(C)[Si](CC(C)C)(CC(C)C)C(C)CC. The van der Waals surface area contributed by atoms with E-state index in [9.17, 15) is 0 Å². The second kappa shape index (κ2) is 7.61. The highest BCUT2D eigenvalue weighted by molar-refractivity contribution is 6.82. The summed E-state index contributed by atoms with van der Waals surface area (Å²) in [5, 5.41) is 0. The number of rotatable bonds is 8. The molecule has 0 bridgehead atoms. The molecule has 17 heavy (non-hydrogen) atoms. The van der Waals surface area contributed by atoms with Crippen LogP contribution in [0.15, 0.2) is 0 Å². The molecule has 0 spiro atoms. The fraction of sp³-hybridized carbons (Fsp3) is 1.00. The molecule has 0 rings (SSSR count). The molecule has 0 N–H and O–H groups in total. The van der Waals surface area contributed by atoms with Crippen LogP contribution in [0.4, 0.5) is 0 Å². The van der Waals surface area contributed by atoms with Gasteiger partial charge in [0.2, 0.25) is 0 Å². The Balaban J connectivity index is 5.19. The van der Waals surface area contributed by atoms with Crippen molar-refractivity contribution in [3.05, 3.63) is 0 Å². The van der Waals surface area contributed by atoms with E-state index in [1.54, 1.807) is 0 Å². The molecule has 0 aliphatic carbocycles. The maximum Gasteiger partial charge on any atom is 0.0597 e. The van der Waals surface area contributed by atoms with E-state index in [0.717, 1.165) is 22.9 Å². The van der Waals surface area contributed by atoms with Crippen molar-refractivity contribution in [3.8, 4) is 0 Å². The largest absolute Gasteiger partial charge is 0.0654 e. The monoisotopic (exact) mass is 256 g/mol. The summed E-state index contributed by atoms with van der Waals surface area (Å²) in [6, 6.07) is 3.07. The summed E-state index contributed by atoms with van der Waals surface area (Å²) >= 11 is 0. The second-order valence-corrected chi connectivity index (χ2v) is 12.3. The van der Waals surface area contributed by atoms with Gasteiger partial charge in [-0.15, -0.1) is 0 Å². The Hall–Kier alpha value is 0.217. The van der Waals surface area contributed by atoms with Gasteiger partial charge in [0.1, 0.15) is 0 Å². The molecular weight excluding hydrogens is 220 g/mol. The molecule has 0 fully saturated rings. The minimum Gasteiger partial charge on any atom is -0.0654 e. The van der Waals surface area contributed by atoms with Gasteiger partial charge < -0.3 is 0 Å². The van der Waals surface area contributed by atoms with E-state index < -0.39 is 8.07 Å². The van der Waals surface area contributed by atoms with Crippen molar-refractivity contribution >= 4 is 8.07 Å². The van der Waals surface area contributed by atoms with Crippen LogP contribution in [0.5, 0.6) is 0 Å². The van der Waals surface area contributed by atoms with Crippen molar-refractivity contribution in [2.75, 3.05) is 0 Å². The standard InChI is InChI=1S/C16H36Si/c1-9-15(7)17(11-13(3)4,12-14(5)6)16(8)10-2/h13-16H,9-12H2,1-8H3. The summed E-state index contributed by atoms with van der Waals surface area (Å²) < 4.78 is 0. The van der Waals surface area contributed by atoms with Crippen LogP contribution in [0, 0.1) is 11.8 Å². The summed E-state index contributed by atoms with van der Waals surface area (Å²) in [5.74, 6) is 1.76. The molecule has 0 radical (unpaired) electrons. The first-order chi connectivity index (χ1) is 7.80.